The van der Waals surface area contributed by atoms with Crippen molar-refractivity contribution in [1.29, 1.82) is 0 Å². The summed E-state index contributed by atoms with van der Waals surface area (Å²) in [5.41, 5.74) is 4.63. The van der Waals surface area contributed by atoms with Crippen molar-refractivity contribution in [2.24, 2.45) is 0 Å². The molecule has 0 spiro atoms. The number of carbonyl (C=O) groups excluding carboxylic acids is 1. The third-order valence-corrected chi connectivity index (χ3v) is 5.38. The predicted octanol–water partition coefficient (Wildman–Crippen LogP) is 3.36. The van der Waals surface area contributed by atoms with Crippen LogP contribution in [-0.4, -0.2) is 32.3 Å². The van der Waals surface area contributed by atoms with Crippen molar-refractivity contribution in [3.05, 3.63) is 64.1 Å². The van der Waals surface area contributed by atoms with Gasteiger partial charge in [-0.05, 0) is 35.7 Å². The van der Waals surface area contributed by atoms with Gasteiger partial charge in [0.25, 0.3) is 5.91 Å². The first-order valence-corrected chi connectivity index (χ1v) is 9.25. The van der Waals surface area contributed by atoms with Crippen LogP contribution in [0, 0.1) is 0 Å². The highest BCUT2D eigenvalue weighted by Crippen LogP contribution is 2.31. The van der Waals surface area contributed by atoms with Crippen LogP contribution in [0.15, 0.2) is 42.2 Å². The Balaban J connectivity index is 1.55. The van der Waals surface area contributed by atoms with Gasteiger partial charge in [-0.15, -0.1) is 11.3 Å². The van der Waals surface area contributed by atoms with E-state index >= 15 is 0 Å². The number of aromatic nitrogens is 3. The number of hydrogen-bond acceptors (Lipinski definition) is 5. The maximum atomic E-state index is 12.9. The molecule has 3 aromatic heterocycles. The molecule has 0 aliphatic carbocycles. The molecular formula is C19H18N4OS. The summed E-state index contributed by atoms with van der Waals surface area (Å²) in [7, 11) is 0. The summed E-state index contributed by atoms with van der Waals surface area (Å²) in [6.45, 7) is 3.34. The standard InChI is InChI=1S/C19H18N4OS/c1-2-14-12-25-17(22-14)6-10-23-11-16-18(19(23)24)15(5-9-21-16)13-3-7-20-8-4-13/h3-5,7-9,12H,2,6,10-11H2,1H3. The molecule has 0 bridgehead atoms. The Labute approximate surface area is 150 Å². The van der Waals surface area contributed by atoms with Gasteiger partial charge in [0.1, 0.15) is 0 Å². The van der Waals surface area contributed by atoms with Crippen LogP contribution in [-0.2, 0) is 19.4 Å². The van der Waals surface area contributed by atoms with E-state index in [0.717, 1.165) is 45.9 Å². The first kappa shape index (κ1) is 15.9. The van der Waals surface area contributed by atoms with Crippen molar-refractivity contribution >= 4 is 17.2 Å². The Morgan fingerprint density at radius 1 is 1.20 bits per heavy atom. The number of nitrogens with zero attached hydrogens (tertiary/aromatic N) is 4. The second-order valence-corrected chi connectivity index (χ2v) is 6.92. The minimum atomic E-state index is 0.0576. The van der Waals surface area contributed by atoms with E-state index in [1.54, 1.807) is 29.9 Å². The Hall–Kier alpha value is -2.60. The molecule has 0 N–H and O–H groups in total. The molecule has 25 heavy (non-hydrogen) atoms. The molecule has 0 saturated heterocycles. The summed E-state index contributed by atoms with van der Waals surface area (Å²) >= 11 is 1.67. The van der Waals surface area contributed by atoms with Gasteiger partial charge in [-0.1, -0.05) is 6.92 Å². The van der Waals surface area contributed by atoms with Gasteiger partial charge in [-0.2, -0.15) is 0 Å². The van der Waals surface area contributed by atoms with Gasteiger partial charge < -0.3 is 4.90 Å². The molecule has 6 heteroatoms. The second-order valence-electron chi connectivity index (χ2n) is 5.98. The molecule has 5 nitrogen and oxygen atoms in total. The van der Waals surface area contributed by atoms with Crippen LogP contribution in [0.5, 0.6) is 0 Å². The molecule has 0 saturated carbocycles. The van der Waals surface area contributed by atoms with Gasteiger partial charge in [-0.3, -0.25) is 14.8 Å². The third kappa shape index (κ3) is 3.05. The number of fused-ring (bicyclic) bond motifs is 1. The zero-order valence-corrected chi connectivity index (χ0v) is 14.8. The van der Waals surface area contributed by atoms with E-state index in [9.17, 15) is 4.79 Å². The number of thiazole rings is 1. The van der Waals surface area contributed by atoms with E-state index in [0.29, 0.717) is 13.1 Å². The van der Waals surface area contributed by atoms with Crippen LogP contribution in [0.1, 0.15) is 33.7 Å². The fourth-order valence-electron chi connectivity index (χ4n) is 3.08. The molecule has 0 aromatic carbocycles. The first-order valence-electron chi connectivity index (χ1n) is 8.37. The quantitative estimate of drug-likeness (QED) is 0.708. The summed E-state index contributed by atoms with van der Waals surface area (Å²) < 4.78 is 0. The molecule has 1 amide bonds. The van der Waals surface area contributed by atoms with Crippen LogP contribution in [0.3, 0.4) is 0 Å². The lowest BCUT2D eigenvalue weighted by atomic mass is 10.0. The van der Waals surface area contributed by atoms with Crippen molar-refractivity contribution in [1.82, 2.24) is 19.9 Å². The van der Waals surface area contributed by atoms with Crippen molar-refractivity contribution in [3.63, 3.8) is 0 Å². The van der Waals surface area contributed by atoms with Crippen molar-refractivity contribution < 1.29 is 4.79 Å². The number of carbonyl (C=O) groups is 1. The normalized spacial score (nSPS) is 13.3. The largest absolute Gasteiger partial charge is 0.332 e. The minimum absolute atomic E-state index is 0.0576. The SMILES string of the molecule is CCc1csc(CCN2Cc3nccc(-c4ccncc4)c3C2=O)n1. The number of aryl methyl sites for hydroxylation is 1. The smallest absolute Gasteiger partial charge is 0.256 e. The minimum Gasteiger partial charge on any atom is -0.332 e. The zero-order chi connectivity index (χ0) is 17.2. The highest BCUT2D eigenvalue weighted by Gasteiger charge is 2.31. The van der Waals surface area contributed by atoms with Gasteiger partial charge >= 0.3 is 0 Å². The zero-order valence-electron chi connectivity index (χ0n) is 14.0. The van der Waals surface area contributed by atoms with E-state index < -0.39 is 0 Å². The molecule has 4 heterocycles. The van der Waals surface area contributed by atoms with Crippen molar-refractivity contribution in [2.45, 2.75) is 26.3 Å². The van der Waals surface area contributed by atoms with Crippen LogP contribution in [0.25, 0.3) is 11.1 Å². The van der Waals surface area contributed by atoms with Crippen LogP contribution in [0.2, 0.25) is 0 Å². The monoisotopic (exact) mass is 350 g/mol. The molecule has 3 aromatic rings. The molecule has 4 rings (SSSR count). The molecule has 0 radical (unpaired) electrons. The van der Waals surface area contributed by atoms with Crippen LogP contribution < -0.4 is 0 Å². The number of hydrogen-bond donors (Lipinski definition) is 0. The average molecular weight is 350 g/mol. The van der Waals surface area contributed by atoms with Gasteiger partial charge in [0.2, 0.25) is 0 Å². The third-order valence-electron chi connectivity index (χ3n) is 4.42. The Kier molecular flexibility index (Phi) is 4.28. The molecule has 126 valence electrons. The number of pyridine rings is 2. The lowest BCUT2D eigenvalue weighted by molar-refractivity contribution is 0.0780. The van der Waals surface area contributed by atoms with Crippen LogP contribution >= 0.6 is 11.3 Å². The second kappa shape index (κ2) is 6.72. The topological polar surface area (TPSA) is 59.0 Å². The maximum absolute atomic E-state index is 12.9. The lowest BCUT2D eigenvalue weighted by Crippen LogP contribution is -2.26. The Morgan fingerprint density at radius 2 is 2.04 bits per heavy atom. The fraction of sp³-hybridized carbons (Fsp3) is 0.263. The van der Waals surface area contributed by atoms with E-state index in [1.807, 2.05) is 23.1 Å². The molecule has 0 atom stereocenters. The average Bonchev–Trinajstić information content (AvgIpc) is 3.25. The van der Waals surface area contributed by atoms with E-state index in [1.165, 1.54) is 0 Å². The predicted molar refractivity (Wildman–Crippen MR) is 97.4 cm³/mol. The Bertz CT molecular complexity index is 907. The van der Waals surface area contributed by atoms with Crippen LogP contribution in [0.4, 0.5) is 0 Å². The lowest BCUT2D eigenvalue weighted by Gasteiger charge is -2.14. The summed E-state index contributed by atoms with van der Waals surface area (Å²) in [6.07, 6.45) is 7.00. The van der Waals surface area contributed by atoms with Gasteiger partial charge in [-0.25, -0.2) is 4.98 Å². The summed E-state index contributed by atoms with van der Waals surface area (Å²) in [6, 6.07) is 5.75. The van der Waals surface area contributed by atoms with Crippen molar-refractivity contribution in [2.75, 3.05) is 6.54 Å². The van der Waals surface area contributed by atoms with Gasteiger partial charge in [0.05, 0.1) is 28.5 Å². The van der Waals surface area contributed by atoms with Gasteiger partial charge in [0.15, 0.2) is 0 Å². The first-order chi connectivity index (χ1) is 12.3. The summed E-state index contributed by atoms with van der Waals surface area (Å²) in [5, 5.41) is 3.18. The summed E-state index contributed by atoms with van der Waals surface area (Å²) in [4.78, 5) is 27.9. The molecule has 0 fully saturated rings. The van der Waals surface area contributed by atoms with Gasteiger partial charge in [0, 0.05) is 36.9 Å². The number of rotatable bonds is 5. The fourth-order valence-corrected chi connectivity index (χ4v) is 3.95. The van der Waals surface area contributed by atoms with Crippen molar-refractivity contribution in [3.8, 4) is 11.1 Å². The highest BCUT2D eigenvalue weighted by molar-refractivity contribution is 7.09. The number of amides is 1. The maximum Gasteiger partial charge on any atom is 0.256 e. The summed E-state index contributed by atoms with van der Waals surface area (Å²) in [5.74, 6) is 0.0576. The molecule has 1 aliphatic heterocycles. The van der Waals surface area contributed by atoms with E-state index in [4.69, 9.17) is 0 Å². The highest BCUT2D eigenvalue weighted by atomic mass is 32.1. The molecule has 1 aliphatic rings. The van der Waals surface area contributed by atoms with E-state index in [2.05, 4.69) is 27.3 Å². The molecule has 0 unspecified atom stereocenters. The Morgan fingerprint density at radius 3 is 2.80 bits per heavy atom. The molecular weight excluding hydrogens is 332 g/mol. The van der Waals surface area contributed by atoms with E-state index in [-0.39, 0.29) is 5.91 Å².